The monoisotopic (exact) mass is 192 g/mol. The highest BCUT2D eigenvalue weighted by atomic mass is 32.2. The van der Waals surface area contributed by atoms with Crippen molar-refractivity contribution in [1.29, 1.82) is 0 Å². The van der Waals surface area contributed by atoms with Crippen LogP contribution in [-0.4, -0.2) is 30.8 Å². The molecule has 0 bridgehead atoms. The van der Waals surface area contributed by atoms with Crippen molar-refractivity contribution in [2.24, 2.45) is 0 Å². The van der Waals surface area contributed by atoms with Crippen LogP contribution < -0.4 is 10.9 Å². The van der Waals surface area contributed by atoms with Gasteiger partial charge in [-0.05, 0) is 20.1 Å². The van der Waals surface area contributed by atoms with Crippen LogP contribution in [-0.2, 0) is 4.74 Å². The molecule has 0 aromatic carbocycles. The quantitative estimate of drug-likeness (QED) is 0.652. The predicted molar refractivity (Wildman–Crippen MR) is 51.1 cm³/mol. The Kier molecular flexibility index (Phi) is 5.08. The van der Waals surface area contributed by atoms with Crippen LogP contribution in [0.5, 0.6) is 0 Å². The van der Waals surface area contributed by atoms with E-state index in [9.17, 15) is 4.79 Å². The molecule has 0 atom stereocenters. The second kappa shape index (κ2) is 5.27. The first-order chi connectivity index (χ1) is 5.52. The highest BCUT2D eigenvalue weighted by Gasteiger charge is 2.15. The molecule has 0 aliphatic heterocycles. The minimum absolute atomic E-state index is 0.112. The SMILES string of the molecule is COC(=O)NNCC(C)(C)SC. The molecule has 0 spiro atoms. The summed E-state index contributed by atoms with van der Waals surface area (Å²) in [5.41, 5.74) is 5.18. The number of hydrogen-bond donors (Lipinski definition) is 2. The summed E-state index contributed by atoms with van der Waals surface area (Å²) in [5, 5.41) is 0. The average Bonchev–Trinajstić information content (AvgIpc) is 2.04. The summed E-state index contributed by atoms with van der Waals surface area (Å²) in [6.45, 7) is 4.87. The van der Waals surface area contributed by atoms with Gasteiger partial charge in [0.25, 0.3) is 0 Å². The van der Waals surface area contributed by atoms with Crippen LogP contribution in [0.4, 0.5) is 4.79 Å². The van der Waals surface area contributed by atoms with Crippen LogP contribution in [0.15, 0.2) is 0 Å². The first kappa shape index (κ1) is 11.6. The lowest BCUT2D eigenvalue weighted by Gasteiger charge is -2.21. The fraction of sp³-hybridized carbons (Fsp3) is 0.857. The standard InChI is InChI=1S/C7H16N2O2S/c1-7(2,12-4)5-8-9-6(10)11-3/h8H,5H2,1-4H3,(H,9,10). The van der Waals surface area contributed by atoms with Gasteiger partial charge >= 0.3 is 6.09 Å². The number of carbonyl (C=O) groups excluding carboxylic acids is 1. The van der Waals surface area contributed by atoms with E-state index in [2.05, 4.69) is 29.4 Å². The number of nitrogens with one attached hydrogen (secondary N) is 2. The average molecular weight is 192 g/mol. The van der Waals surface area contributed by atoms with E-state index in [0.29, 0.717) is 6.54 Å². The summed E-state index contributed by atoms with van der Waals surface area (Å²) in [5.74, 6) is 0. The highest BCUT2D eigenvalue weighted by Crippen LogP contribution is 2.18. The van der Waals surface area contributed by atoms with Crippen molar-refractivity contribution in [1.82, 2.24) is 10.9 Å². The summed E-state index contributed by atoms with van der Waals surface area (Å²) in [4.78, 5) is 10.6. The Hall–Kier alpha value is -0.420. The van der Waals surface area contributed by atoms with Gasteiger partial charge in [0.1, 0.15) is 0 Å². The topological polar surface area (TPSA) is 50.4 Å². The Morgan fingerprint density at radius 3 is 2.58 bits per heavy atom. The summed E-state index contributed by atoms with van der Waals surface area (Å²) >= 11 is 1.73. The van der Waals surface area contributed by atoms with Crippen LogP contribution in [0.2, 0.25) is 0 Å². The number of methoxy groups -OCH3 is 1. The smallest absolute Gasteiger partial charge is 0.421 e. The zero-order chi connectivity index (χ0) is 9.61. The van der Waals surface area contributed by atoms with Gasteiger partial charge < -0.3 is 4.74 Å². The molecule has 0 aliphatic carbocycles. The van der Waals surface area contributed by atoms with E-state index in [1.54, 1.807) is 11.8 Å². The largest absolute Gasteiger partial charge is 0.452 e. The second-order valence-electron chi connectivity index (χ2n) is 2.93. The van der Waals surface area contributed by atoms with Gasteiger partial charge in [0.05, 0.1) is 7.11 Å². The minimum atomic E-state index is -0.466. The zero-order valence-corrected chi connectivity index (χ0v) is 8.75. The number of ether oxygens (including phenoxy) is 1. The number of hydrazine groups is 1. The van der Waals surface area contributed by atoms with E-state index in [4.69, 9.17) is 0 Å². The van der Waals surface area contributed by atoms with Crippen LogP contribution in [0.3, 0.4) is 0 Å². The molecule has 2 N–H and O–H groups in total. The third kappa shape index (κ3) is 5.26. The normalized spacial score (nSPS) is 11.0. The summed E-state index contributed by atoms with van der Waals surface area (Å²) in [6, 6.07) is 0. The van der Waals surface area contributed by atoms with Gasteiger partial charge in [-0.2, -0.15) is 11.8 Å². The van der Waals surface area contributed by atoms with E-state index in [1.165, 1.54) is 7.11 Å². The van der Waals surface area contributed by atoms with Crippen LogP contribution in [0.1, 0.15) is 13.8 Å². The lowest BCUT2D eigenvalue weighted by Crippen LogP contribution is -2.43. The van der Waals surface area contributed by atoms with Crippen molar-refractivity contribution in [2.45, 2.75) is 18.6 Å². The van der Waals surface area contributed by atoms with Gasteiger partial charge in [0.15, 0.2) is 0 Å². The van der Waals surface area contributed by atoms with Crippen molar-refractivity contribution >= 4 is 17.9 Å². The van der Waals surface area contributed by atoms with E-state index < -0.39 is 6.09 Å². The highest BCUT2D eigenvalue weighted by molar-refractivity contribution is 7.99. The van der Waals surface area contributed by atoms with Crippen molar-refractivity contribution < 1.29 is 9.53 Å². The molecule has 0 radical (unpaired) electrons. The third-order valence-electron chi connectivity index (χ3n) is 1.44. The molecule has 0 saturated carbocycles. The van der Waals surface area contributed by atoms with Crippen molar-refractivity contribution in [2.75, 3.05) is 19.9 Å². The molecular weight excluding hydrogens is 176 g/mol. The lowest BCUT2D eigenvalue weighted by atomic mass is 10.2. The summed E-state index contributed by atoms with van der Waals surface area (Å²) in [7, 11) is 1.33. The maximum Gasteiger partial charge on any atom is 0.421 e. The minimum Gasteiger partial charge on any atom is -0.452 e. The van der Waals surface area contributed by atoms with E-state index in [1.807, 2.05) is 6.26 Å². The molecular formula is C7H16N2O2S. The molecule has 0 aliphatic rings. The van der Waals surface area contributed by atoms with Gasteiger partial charge in [0, 0.05) is 11.3 Å². The van der Waals surface area contributed by atoms with Gasteiger partial charge in [-0.1, -0.05) is 0 Å². The molecule has 1 amide bonds. The Morgan fingerprint density at radius 2 is 2.17 bits per heavy atom. The van der Waals surface area contributed by atoms with Crippen molar-refractivity contribution in [3.63, 3.8) is 0 Å². The fourth-order valence-corrected chi connectivity index (χ4v) is 0.669. The van der Waals surface area contributed by atoms with Crippen LogP contribution in [0, 0.1) is 0 Å². The van der Waals surface area contributed by atoms with Crippen LogP contribution in [0.25, 0.3) is 0 Å². The molecule has 72 valence electrons. The Labute approximate surface area is 77.4 Å². The maximum absolute atomic E-state index is 10.6. The van der Waals surface area contributed by atoms with Gasteiger partial charge in [0.2, 0.25) is 0 Å². The Bertz CT molecular complexity index is 150. The first-order valence-corrected chi connectivity index (χ1v) is 4.86. The number of thioether (sulfide) groups is 1. The van der Waals surface area contributed by atoms with E-state index in [0.717, 1.165) is 0 Å². The molecule has 0 saturated heterocycles. The van der Waals surface area contributed by atoms with Crippen LogP contribution >= 0.6 is 11.8 Å². The first-order valence-electron chi connectivity index (χ1n) is 3.64. The molecule has 5 heteroatoms. The Balaban J connectivity index is 3.49. The summed E-state index contributed by atoms with van der Waals surface area (Å²) in [6.07, 6.45) is 1.56. The van der Waals surface area contributed by atoms with E-state index in [-0.39, 0.29) is 4.75 Å². The number of carbonyl (C=O) groups is 1. The molecule has 0 aromatic heterocycles. The van der Waals surface area contributed by atoms with Crippen molar-refractivity contribution in [3.05, 3.63) is 0 Å². The molecule has 0 aromatic rings. The second-order valence-corrected chi connectivity index (χ2v) is 4.45. The number of rotatable bonds is 4. The van der Waals surface area contributed by atoms with Crippen molar-refractivity contribution in [3.8, 4) is 0 Å². The molecule has 12 heavy (non-hydrogen) atoms. The van der Waals surface area contributed by atoms with Gasteiger partial charge in [-0.15, -0.1) is 0 Å². The number of hydrogen-bond acceptors (Lipinski definition) is 4. The van der Waals surface area contributed by atoms with Gasteiger partial charge in [-0.3, -0.25) is 5.43 Å². The third-order valence-corrected chi connectivity index (χ3v) is 2.69. The summed E-state index contributed by atoms with van der Waals surface area (Å²) < 4.78 is 4.49. The molecule has 0 heterocycles. The lowest BCUT2D eigenvalue weighted by molar-refractivity contribution is 0.165. The predicted octanol–water partition coefficient (Wildman–Crippen LogP) is 0.989. The Morgan fingerprint density at radius 1 is 1.58 bits per heavy atom. The maximum atomic E-state index is 10.6. The fourth-order valence-electron chi connectivity index (χ4n) is 0.452. The molecule has 0 fully saturated rings. The molecule has 0 rings (SSSR count). The van der Waals surface area contributed by atoms with E-state index >= 15 is 0 Å². The molecule has 0 unspecified atom stereocenters. The molecule has 4 nitrogen and oxygen atoms in total. The zero-order valence-electron chi connectivity index (χ0n) is 7.93. The number of amides is 1. The van der Waals surface area contributed by atoms with Gasteiger partial charge in [-0.25, -0.2) is 10.2 Å².